The molecule has 0 amide bonds. The Bertz CT molecular complexity index is 263. The molecule has 14 heavy (non-hydrogen) atoms. The van der Waals surface area contributed by atoms with Gasteiger partial charge in [0.1, 0.15) is 0 Å². The largest absolute Gasteiger partial charge is 0.371 e. The third-order valence-electron chi connectivity index (χ3n) is 3.27. The van der Waals surface area contributed by atoms with Gasteiger partial charge in [0.25, 0.3) is 0 Å². The van der Waals surface area contributed by atoms with Gasteiger partial charge in [-0.3, -0.25) is 4.90 Å². The number of likely N-dealkylation sites (tertiary alicyclic amines) is 1. The lowest BCUT2D eigenvalue weighted by molar-refractivity contribution is -0.0705. The van der Waals surface area contributed by atoms with Crippen LogP contribution in [0.4, 0.5) is 0 Å². The number of nitrogens with zero attached hydrogens (tertiary/aromatic N) is 2. The first-order valence-electron chi connectivity index (χ1n) is 5.31. The van der Waals surface area contributed by atoms with Gasteiger partial charge >= 0.3 is 0 Å². The second-order valence-corrected chi connectivity index (χ2v) is 5.34. The van der Waals surface area contributed by atoms with Crippen LogP contribution in [-0.2, 0) is 4.74 Å². The predicted octanol–water partition coefficient (Wildman–Crippen LogP) is 1.40. The van der Waals surface area contributed by atoms with E-state index in [2.05, 4.69) is 31.7 Å². The van der Waals surface area contributed by atoms with Crippen molar-refractivity contribution < 1.29 is 4.74 Å². The van der Waals surface area contributed by atoms with E-state index < -0.39 is 0 Å². The van der Waals surface area contributed by atoms with Crippen molar-refractivity contribution in [3.05, 3.63) is 0 Å². The fourth-order valence-corrected chi connectivity index (χ4v) is 2.34. The molecule has 0 aromatic carbocycles. The Balaban J connectivity index is 2.08. The van der Waals surface area contributed by atoms with E-state index >= 15 is 0 Å². The highest BCUT2D eigenvalue weighted by Gasteiger charge is 2.43. The first kappa shape index (κ1) is 9.95. The van der Waals surface area contributed by atoms with Gasteiger partial charge in [0, 0.05) is 18.6 Å². The number of rotatable bonds is 0. The van der Waals surface area contributed by atoms with Crippen molar-refractivity contribution in [3.8, 4) is 6.07 Å². The average Bonchev–Trinajstić information content (AvgIpc) is 2.39. The second-order valence-electron chi connectivity index (χ2n) is 5.34. The maximum Gasteiger partial charge on any atom is 0.0865 e. The summed E-state index contributed by atoms with van der Waals surface area (Å²) >= 11 is 0. The molecule has 2 bridgehead atoms. The summed E-state index contributed by atoms with van der Waals surface area (Å²) in [5.74, 6) is 0.118. The summed E-state index contributed by atoms with van der Waals surface area (Å²) in [5.41, 5.74) is 0.199. The quantitative estimate of drug-likeness (QED) is 0.585. The van der Waals surface area contributed by atoms with Crippen molar-refractivity contribution in [2.24, 2.45) is 5.92 Å². The molecule has 2 aliphatic rings. The minimum Gasteiger partial charge on any atom is -0.371 e. The Morgan fingerprint density at radius 2 is 2.07 bits per heavy atom. The molecule has 0 radical (unpaired) electrons. The van der Waals surface area contributed by atoms with E-state index in [4.69, 9.17) is 10.00 Å². The van der Waals surface area contributed by atoms with Crippen LogP contribution in [0.1, 0.15) is 27.2 Å². The van der Waals surface area contributed by atoms with E-state index in [1.54, 1.807) is 0 Å². The number of morpholine rings is 1. The molecule has 0 aromatic rings. The number of ether oxygens (including phenoxy) is 1. The molecular weight excluding hydrogens is 176 g/mol. The zero-order valence-electron chi connectivity index (χ0n) is 9.16. The minimum atomic E-state index is 0.118. The van der Waals surface area contributed by atoms with Crippen molar-refractivity contribution in [2.75, 3.05) is 13.1 Å². The molecule has 2 rings (SSSR count). The molecule has 0 aromatic heterocycles. The Hall–Kier alpha value is -0.590. The number of nitriles is 1. The first-order chi connectivity index (χ1) is 6.50. The van der Waals surface area contributed by atoms with Gasteiger partial charge in [-0.2, -0.15) is 5.26 Å². The van der Waals surface area contributed by atoms with Gasteiger partial charge in [-0.05, 0) is 27.2 Å². The fraction of sp³-hybridized carbons (Fsp3) is 0.909. The summed E-state index contributed by atoms with van der Waals surface area (Å²) in [4.78, 5) is 2.43. The lowest BCUT2D eigenvalue weighted by atomic mass is 10.0. The Labute approximate surface area is 85.6 Å². The highest BCUT2D eigenvalue weighted by atomic mass is 16.5. The molecule has 3 heteroatoms. The molecule has 0 unspecified atom stereocenters. The molecule has 3 nitrogen and oxygen atoms in total. The molecule has 0 saturated carbocycles. The predicted molar refractivity (Wildman–Crippen MR) is 53.7 cm³/mol. The molecule has 0 N–H and O–H groups in total. The smallest absolute Gasteiger partial charge is 0.0865 e. The highest BCUT2D eigenvalue weighted by molar-refractivity contribution is 5.02. The summed E-state index contributed by atoms with van der Waals surface area (Å²) in [7, 11) is 0. The summed E-state index contributed by atoms with van der Waals surface area (Å²) in [5, 5.41) is 8.95. The van der Waals surface area contributed by atoms with E-state index in [9.17, 15) is 0 Å². The molecule has 0 aliphatic carbocycles. The van der Waals surface area contributed by atoms with Crippen molar-refractivity contribution in [3.63, 3.8) is 0 Å². The van der Waals surface area contributed by atoms with Crippen molar-refractivity contribution >= 4 is 0 Å². The molecule has 2 fully saturated rings. The fourth-order valence-electron chi connectivity index (χ4n) is 2.34. The molecule has 3 atom stereocenters. The van der Waals surface area contributed by atoms with Crippen LogP contribution in [0.15, 0.2) is 0 Å². The number of hydrogen-bond donors (Lipinski definition) is 0. The van der Waals surface area contributed by atoms with E-state index in [1.807, 2.05) is 0 Å². The SMILES string of the molecule is CC(C)(C)N1C[C@H]2C[C@@H](C#N)[C@@H](C1)O2. The Kier molecular flexibility index (Phi) is 2.29. The van der Waals surface area contributed by atoms with Gasteiger partial charge in [-0.15, -0.1) is 0 Å². The lowest BCUT2D eigenvalue weighted by Crippen LogP contribution is -2.52. The topological polar surface area (TPSA) is 36.3 Å². The van der Waals surface area contributed by atoms with E-state index in [0.29, 0.717) is 0 Å². The third-order valence-corrected chi connectivity index (χ3v) is 3.27. The van der Waals surface area contributed by atoms with Crippen LogP contribution < -0.4 is 0 Å². The van der Waals surface area contributed by atoms with Crippen LogP contribution in [0, 0.1) is 17.2 Å². The Morgan fingerprint density at radius 3 is 2.64 bits per heavy atom. The van der Waals surface area contributed by atoms with E-state index in [1.165, 1.54) is 0 Å². The standard InChI is InChI=1S/C11H18N2O/c1-11(2,3)13-6-9-4-8(5-12)10(7-13)14-9/h8-10H,4,6-7H2,1-3H3/t8-,9+,10+/m0/s1. The first-order valence-corrected chi connectivity index (χ1v) is 5.31. The summed E-state index contributed by atoms with van der Waals surface area (Å²) in [6.45, 7) is 8.56. The molecule has 0 spiro atoms. The van der Waals surface area contributed by atoms with Crippen molar-refractivity contribution in [1.82, 2.24) is 4.90 Å². The molecule has 2 aliphatic heterocycles. The van der Waals surface area contributed by atoms with Crippen LogP contribution in [0.3, 0.4) is 0 Å². The molecular formula is C11H18N2O. The molecule has 78 valence electrons. The van der Waals surface area contributed by atoms with Crippen LogP contribution >= 0.6 is 0 Å². The second kappa shape index (κ2) is 3.22. The zero-order valence-corrected chi connectivity index (χ0v) is 9.16. The normalized spacial score (nSPS) is 38.3. The maximum atomic E-state index is 8.95. The van der Waals surface area contributed by atoms with E-state index in [0.717, 1.165) is 19.5 Å². The van der Waals surface area contributed by atoms with Crippen molar-refractivity contribution in [2.45, 2.75) is 44.9 Å². The van der Waals surface area contributed by atoms with Gasteiger partial charge in [-0.1, -0.05) is 0 Å². The average molecular weight is 194 g/mol. The van der Waals surface area contributed by atoms with Gasteiger partial charge in [0.05, 0.1) is 24.2 Å². The van der Waals surface area contributed by atoms with Gasteiger partial charge < -0.3 is 4.74 Å². The Morgan fingerprint density at radius 1 is 1.36 bits per heavy atom. The van der Waals surface area contributed by atoms with Crippen molar-refractivity contribution in [1.29, 1.82) is 5.26 Å². The summed E-state index contributed by atoms with van der Waals surface area (Å²) in [6.07, 6.45) is 1.36. The highest BCUT2D eigenvalue weighted by Crippen LogP contribution is 2.33. The molecule has 2 heterocycles. The zero-order chi connectivity index (χ0) is 10.3. The van der Waals surface area contributed by atoms with Gasteiger partial charge in [0.2, 0.25) is 0 Å². The van der Waals surface area contributed by atoms with E-state index in [-0.39, 0.29) is 23.7 Å². The van der Waals surface area contributed by atoms with Crippen LogP contribution in [-0.4, -0.2) is 35.7 Å². The summed E-state index contributed by atoms with van der Waals surface area (Å²) in [6, 6.07) is 2.36. The summed E-state index contributed by atoms with van der Waals surface area (Å²) < 4.78 is 5.76. The van der Waals surface area contributed by atoms with Crippen LogP contribution in [0.25, 0.3) is 0 Å². The van der Waals surface area contributed by atoms with Gasteiger partial charge in [0.15, 0.2) is 0 Å². The third kappa shape index (κ3) is 1.65. The van der Waals surface area contributed by atoms with Gasteiger partial charge in [-0.25, -0.2) is 0 Å². The van der Waals surface area contributed by atoms with Crippen LogP contribution in [0.5, 0.6) is 0 Å². The van der Waals surface area contributed by atoms with Crippen LogP contribution in [0.2, 0.25) is 0 Å². The molecule has 2 saturated heterocycles. The monoisotopic (exact) mass is 194 g/mol. The number of hydrogen-bond acceptors (Lipinski definition) is 3. The maximum absolute atomic E-state index is 8.95. The minimum absolute atomic E-state index is 0.118. The lowest BCUT2D eigenvalue weighted by Gasteiger charge is -2.41. The number of fused-ring (bicyclic) bond motifs is 2.